The second-order valence-corrected chi connectivity index (χ2v) is 3.99. The summed E-state index contributed by atoms with van der Waals surface area (Å²) in [6.07, 6.45) is -3.03. The molecule has 0 amide bonds. The Morgan fingerprint density at radius 1 is 1.27 bits per heavy atom. The molecule has 0 saturated heterocycles. The van der Waals surface area contributed by atoms with Gasteiger partial charge >= 0.3 is 0 Å². The smallest absolute Gasteiger partial charge is 0.192 e. The largest absolute Gasteiger partial charge is 0.391 e. The van der Waals surface area contributed by atoms with Gasteiger partial charge in [0.05, 0.1) is 6.10 Å². The molecule has 0 saturated carbocycles. The predicted octanol–water partition coefficient (Wildman–Crippen LogP) is -2.21. The van der Waals surface area contributed by atoms with E-state index in [0.717, 1.165) is 13.8 Å². The number of aliphatic hydroxyl groups excluding tert-OH is 3. The Hall–Kier alpha value is -0.530. The van der Waals surface area contributed by atoms with Gasteiger partial charge in [-0.05, 0) is 20.8 Å². The van der Waals surface area contributed by atoms with E-state index in [1.54, 1.807) is 0 Å². The maximum absolute atomic E-state index is 11.2. The van der Waals surface area contributed by atoms with E-state index in [0.29, 0.717) is 0 Å². The fraction of sp³-hybridized carbons (Fsp3) is 0.889. The monoisotopic (exact) mass is 222 g/mol. The lowest BCUT2D eigenvalue weighted by Crippen LogP contribution is -2.64. The van der Waals surface area contributed by atoms with Gasteiger partial charge in [0.2, 0.25) is 0 Å². The number of carbonyl (C=O) groups excluding carboxylic acids is 1. The molecule has 0 rings (SSSR count). The van der Waals surface area contributed by atoms with Crippen LogP contribution in [0.1, 0.15) is 20.8 Å². The molecule has 1 unspecified atom stereocenters. The molecule has 0 aromatic heterocycles. The molecule has 6 heteroatoms. The molecule has 0 radical (unpaired) electrons. The zero-order chi connectivity index (χ0) is 12.4. The molecule has 90 valence electrons. The minimum atomic E-state index is -2.34. The van der Waals surface area contributed by atoms with Crippen molar-refractivity contribution in [3.8, 4) is 0 Å². The van der Waals surface area contributed by atoms with Crippen molar-refractivity contribution in [1.82, 2.24) is 0 Å². The molecule has 0 aromatic rings. The Morgan fingerprint density at radius 3 is 1.93 bits per heavy atom. The minimum absolute atomic E-state index is 0.963. The molecule has 0 bridgehead atoms. The van der Waals surface area contributed by atoms with E-state index in [1.807, 2.05) is 0 Å². The molecule has 0 spiro atoms. The fourth-order valence-corrected chi connectivity index (χ4v) is 1.19. The number of hydrogen-bond donors (Lipinski definition) is 5. The third-order valence-corrected chi connectivity index (χ3v) is 2.70. The van der Waals surface area contributed by atoms with Crippen molar-refractivity contribution >= 4 is 5.78 Å². The number of hydrogen-bond acceptors (Lipinski definition) is 6. The average molecular weight is 222 g/mol. The third kappa shape index (κ3) is 2.53. The van der Waals surface area contributed by atoms with Crippen LogP contribution in [0.4, 0.5) is 0 Å². The fourth-order valence-electron chi connectivity index (χ4n) is 1.19. The summed E-state index contributed by atoms with van der Waals surface area (Å²) in [6, 6.07) is 0. The van der Waals surface area contributed by atoms with Gasteiger partial charge in [0.1, 0.15) is 18.3 Å². The van der Waals surface area contributed by atoms with Crippen LogP contribution in [0.3, 0.4) is 0 Å². The van der Waals surface area contributed by atoms with E-state index < -0.39 is 35.8 Å². The summed E-state index contributed by atoms with van der Waals surface area (Å²) in [4.78, 5) is 11.2. The van der Waals surface area contributed by atoms with Crippen LogP contribution in [-0.4, -0.2) is 61.3 Å². The van der Waals surface area contributed by atoms with E-state index >= 15 is 0 Å². The molecule has 0 aliphatic heterocycles. The average Bonchev–Trinajstić information content (AvgIpc) is 2.14. The summed E-state index contributed by atoms with van der Waals surface area (Å²) in [5.74, 6) is -1.03. The number of ketones is 1. The Bertz CT molecular complexity index is 233. The zero-order valence-electron chi connectivity index (χ0n) is 9.01. The van der Waals surface area contributed by atoms with Gasteiger partial charge in [0.15, 0.2) is 11.4 Å². The van der Waals surface area contributed by atoms with Crippen LogP contribution in [0, 0.1) is 0 Å². The third-order valence-electron chi connectivity index (χ3n) is 2.70. The Kier molecular flexibility index (Phi) is 4.38. The van der Waals surface area contributed by atoms with Crippen LogP contribution in [0.15, 0.2) is 0 Å². The summed E-state index contributed by atoms with van der Waals surface area (Å²) >= 11 is 0. The second-order valence-electron chi connectivity index (χ2n) is 3.99. The molecule has 15 heavy (non-hydrogen) atoms. The Labute approximate surface area is 87.8 Å². The topological polar surface area (TPSA) is 118 Å². The van der Waals surface area contributed by atoms with Crippen molar-refractivity contribution in [2.45, 2.75) is 44.2 Å². The van der Waals surface area contributed by atoms with Gasteiger partial charge in [-0.1, -0.05) is 0 Å². The number of Topliss-reactive ketones (excluding diaryl/α,β-unsaturated/α-hetero) is 1. The second kappa shape index (κ2) is 4.54. The molecular weight excluding hydrogens is 204 g/mol. The SMILES string of the molecule is CC(O)[C@@H](O)[C@@](C)(O)[C@](C)(O)C(=O)CO. The molecular formula is C9H18O6. The van der Waals surface area contributed by atoms with Crippen molar-refractivity contribution in [3.05, 3.63) is 0 Å². The van der Waals surface area contributed by atoms with Gasteiger partial charge in [-0.25, -0.2) is 0 Å². The highest BCUT2D eigenvalue weighted by molar-refractivity contribution is 5.89. The lowest BCUT2D eigenvalue weighted by Gasteiger charge is -2.41. The van der Waals surface area contributed by atoms with Gasteiger partial charge in [-0.3, -0.25) is 4.79 Å². The molecule has 6 nitrogen and oxygen atoms in total. The summed E-state index contributed by atoms with van der Waals surface area (Å²) < 4.78 is 0. The highest BCUT2D eigenvalue weighted by Crippen LogP contribution is 2.28. The molecule has 0 heterocycles. The summed E-state index contributed by atoms with van der Waals surface area (Å²) in [7, 11) is 0. The summed E-state index contributed by atoms with van der Waals surface area (Å²) in [5.41, 5.74) is -4.58. The molecule has 0 fully saturated rings. The van der Waals surface area contributed by atoms with Crippen LogP contribution < -0.4 is 0 Å². The quantitative estimate of drug-likeness (QED) is 0.360. The van der Waals surface area contributed by atoms with Gasteiger partial charge in [0, 0.05) is 0 Å². The van der Waals surface area contributed by atoms with E-state index in [4.69, 9.17) is 10.2 Å². The maximum atomic E-state index is 11.2. The van der Waals surface area contributed by atoms with Crippen LogP contribution in [-0.2, 0) is 4.79 Å². The van der Waals surface area contributed by atoms with Gasteiger partial charge in [0.25, 0.3) is 0 Å². The van der Waals surface area contributed by atoms with Gasteiger partial charge < -0.3 is 25.5 Å². The Balaban J connectivity index is 5.08. The minimum Gasteiger partial charge on any atom is -0.391 e. The van der Waals surface area contributed by atoms with Crippen LogP contribution in [0.5, 0.6) is 0 Å². The highest BCUT2D eigenvalue weighted by atomic mass is 16.4. The molecule has 0 aromatic carbocycles. The molecule has 0 aliphatic rings. The molecule has 5 N–H and O–H groups in total. The first-order chi connectivity index (χ1) is 6.59. The van der Waals surface area contributed by atoms with Gasteiger partial charge in [-0.2, -0.15) is 0 Å². The summed E-state index contributed by atoms with van der Waals surface area (Å²) in [5, 5.41) is 46.6. The first kappa shape index (κ1) is 14.5. The van der Waals surface area contributed by atoms with Crippen molar-refractivity contribution < 1.29 is 30.3 Å². The Morgan fingerprint density at radius 2 is 1.67 bits per heavy atom. The first-order valence-electron chi connectivity index (χ1n) is 4.54. The first-order valence-corrected chi connectivity index (χ1v) is 4.54. The predicted molar refractivity (Wildman–Crippen MR) is 51.0 cm³/mol. The van der Waals surface area contributed by atoms with Crippen LogP contribution in [0.2, 0.25) is 0 Å². The lowest BCUT2D eigenvalue weighted by atomic mass is 9.77. The van der Waals surface area contributed by atoms with Crippen molar-refractivity contribution in [1.29, 1.82) is 0 Å². The standard InChI is InChI=1S/C9H18O6/c1-5(11)7(13)9(3,15)8(2,14)6(12)4-10/h5,7,10-11,13-15H,4H2,1-3H3/t5?,7-,8-,9-/m1/s1. The van der Waals surface area contributed by atoms with E-state index in [1.165, 1.54) is 6.92 Å². The van der Waals surface area contributed by atoms with E-state index in [2.05, 4.69) is 0 Å². The highest BCUT2D eigenvalue weighted by Gasteiger charge is 2.52. The van der Waals surface area contributed by atoms with Crippen LogP contribution >= 0.6 is 0 Å². The lowest BCUT2D eigenvalue weighted by molar-refractivity contribution is -0.207. The maximum Gasteiger partial charge on any atom is 0.192 e. The van der Waals surface area contributed by atoms with Crippen molar-refractivity contribution in [2.75, 3.05) is 6.61 Å². The number of aliphatic hydroxyl groups is 5. The molecule has 4 atom stereocenters. The zero-order valence-corrected chi connectivity index (χ0v) is 9.01. The normalized spacial score (nSPS) is 23.7. The molecule has 0 aliphatic carbocycles. The van der Waals surface area contributed by atoms with Crippen molar-refractivity contribution in [2.24, 2.45) is 0 Å². The van der Waals surface area contributed by atoms with E-state index in [-0.39, 0.29) is 0 Å². The van der Waals surface area contributed by atoms with Gasteiger partial charge in [-0.15, -0.1) is 0 Å². The van der Waals surface area contributed by atoms with E-state index in [9.17, 15) is 20.1 Å². The van der Waals surface area contributed by atoms with Crippen LogP contribution in [0.25, 0.3) is 0 Å². The number of rotatable bonds is 5. The van der Waals surface area contributed by atoms with Crippen molar-refractivity contribution in [3.63, 3.8) is 0 Å². The number of carbonyl (C=O) groups is 1. The summed E-state index contributed by atoms with van der Waals surface area (Å²) in [6.45, 7) is 2.23.